The third-order valence-electron chi connectivity index (χ3n) is 4.03. The minimum Gasteiger partial charge on any atom is -0.475 e. The molecule has 2 rings (SSSR count). The third kappa shape index (κ3) is 2.40. The summed E-state index contributed by atoms with van der Waals surface area (Å²) < 4.78 is 6.04. The number of nitrogens with zero attached hydrogens (tertiary/aromatic N) is 1. The maximum Gasteiger partial charge on any atom is 0.271 e. The first-order chi connectivity index (χ1) is 9.57. The number of ether oxygens (including phenoxy) is 1. The minimum atomic E-state index is -0.766. The average Bonchev–Trinajstić information content (AvgIpc) is 2.46. The monoisotopic (exact) mass is 277 g/mol. The highest BCUT2D eigenvalue weighted by molar-refractivity contribution is 6.02. The quantitative estimate of drug-likeness (QED) is 0.900. The maximum atomic E-state index is 12.8. The van der Waals surface area contributed by atoms with Gasteiger partial charge in [0.25, 0.3) is 5.91 Å². The van der Waals surface area contributed by atoms with Crippen LogP contribution in [0.4, 0.5) is 5.69 Å². The fourth-order valence-electron chi connectivity index (χ4n) is 2.68. The van der Waals surface area contributed by atoms with Gasteiger partial charge in [0, 0.05) is 13.2 Å². The molecular weight excluding hydrogens is 254 g/mol. The van der Waals surface area contributed by atoms with E-state index in [0.717, 1.165) is 17.0 Å². The molecule has 4 heteroatoms. The average molecular weight is 277 g/mol. The molecule has 0 bridgehead atoms. The summed E-state index contributed by atoms with van der Waals surface area (Å²) in [5, 5.41) is 9.06. The zero-order chi connectivity index (χ0) is 14.8. The van der Waals surface area contributed by atoms with E-state index in [4.69, 9.17) is 9.84 Å². The Kier molecular flexibility index (Phi) is 4.33. The van der Waals surface area contributed by atoms with Gasteiger partial charge in [-0.25, -0.2) is 0 Å². The van der Waals surface area contributed by atoms with Crippen molar-refractivity contribution in [3.63, 3.8) is 0 Å². The predicted molar refractivity (Wildman–Crippen MR) is 79.2 cm³/mol. The Labute approximate surface area is 120 Å². The van der Waals surface area contributed by atoms with Crippen LogP contribution in [0.1, 0.15) is 38.7 Å². The molecule has 0 radical (unpaired) electrons. The molecule has 1 amide bonds. The molecule has 1 aliphatic rings. The van der Waals surface area contributed by atoms with Crippen molar-refractivity contribution >= 4 is 11.6 Å². The number of amides is 1. The van der Waals surface area contributed by atoms with Crippen LogP contribution in [-0.4, -0.2) is 29.8 Å². The molecule has 1 aromatic carbocycles. The zero-order valence-electron chi connectivity index (χ0n) is 12.5. The lowest BCUT2D eigenvalue weighted by molar-refractivity contribution is -0.136. The molecule has 1 heterocycles. The van der Waals surface area contributed by atoms with Crippen LogP contribution in [0.3, 0.4) is 0 Å². The van der Waals surface area contributed by atoms with Crippen LogP contribution in [0.5, 0.6) is 5.75 Å². The molecule has 1 aliphatic heterocycles. The zero-order valence-corrected chi connectivity index (χ0v) is 12.5. The number of hydrogen-bond donors (Lipinski definition) is 1. The van der Waals surface area contributed by atoms with Crippen LogP contribution < -0.4 is 9.64 Å². The molecule has 0 unspecified atom stereocenters. The summed E-state index contributed by atoms with van der Waals surface area (Å²) in [4.78, 5) is 14.6. The first kappa shape index (κ1) is 14.9. The number of aliphatic hydroxyl groups excluding tert-OH is 1. The Morgan fingerprint density at radius 1 is 1.30 bits per heavy atom. The number of fused-ring (bicyclic) bond motifs is 1. The van der Waals surface area contributed by atoms with E-state index in [2.05, 4.69) is 0 Å². The highest BCUT2D eigenvalue weighted by Gasteiger charge is 2.45. The summed E-state index contributed by atoms with van der Waals surface area (Å²) in [6.07, 6.45) is 1.86. The summed E-state index contributed by atoms with van der Waals surface area (Å²) in [6, 6.07) is 5.90. The highest BCUT2D eigenvalue weighted by Crippen LogP contribution is 2.41. The Morgan fingerprint density at radius 3 is 2.60 bits per heavy atom. The van der Waals surface area contributed by atoms with E-state index in [0.29, 0.717) is 25.8 Å². The number of aliphatic hydroxyl groups is 1. The van der Waals surface area contributed by atoms with E-state index < -0.39 is 5.60 Å². The number of carbonyl (C=O) groups excluding carboxylic acids is 1. The number of rotatable bonds is 5. The van der Waals surface area contributed by atoms with E-state index in [1.807, 2.05) is 39.0 Å². The van der Waals surface area contributed by atoms with Gasteiger partial charge in [0.15, 0.2) is 5.60 Å². The normalized spacial score (nSPS) is 16.8. The highest BCUT2D eigenvalue weighted by atomic mass is 16.5. The van der Waals surface area contributed by atoms with Crippen LogP contribution in [0.25, 0.3) is 0 Å². The van der Waals surface area contributed by atoms with E-state index >= 15 is 0 Å². The van der Waals surface area contributed by atoms with Gasteiger partial charge in [0.05, 0.1) is 5.69 Å². The van der Waals surface area contributed by atoms with Crippen LogP contribution in [-0.2, 0) is 4.79 Å². The van der Waals surface area contributed by atoms with Gasteiger partial charge in [0.1, 0.15) is 5.75 Å². The van der Waals surface area contributed by atoms with Crippen molar-refractivity contribution in [1.82, 2.24) is 0 Å². The molecule has 4 nitrogen and oxygen atoms in total. The summed E-state index contributed by atoms with van der Waals surface area (Å²) in [5.41, 5.74) is 1.15. The second-order valence-corrected chi connectivity index (χ2v) is 5.31. The van der Waals surface area contributed by atoms with Crippen molar-refractivity contribution in [2.75, 3.05) is 18.1 Å². The molecule has 20 heavy (non-hydrogen) atoms. The molecule has 0 saturated heterocycles. The van der Waals surface area contributed by atoms with Crippen molar-refractivity contribution in [2.45, 2.75) is 45.6 Å². The number of carbonyl (C=O) groups is 1. The molecular formula is C16H23NO3. The van der Waals surface area contributed by atoms with Gasteiger partial charge in [-0.05, 0) is 43.9 Å². The third-order valence-corrected chi connectivity index (χ3v) is 4.03. The molecule has 0 atom stereocenters. The molecule has 0 aromatic heterocycles. The van der Waals surface area contributed by atoms with E-state index in [9.17, 15) is 4.79 Å². The van der Waals surface area contributed by atoms with Gasteiger partial charge < -0.3 is 14.7 Å². The van der Waals surface area contributed by atoms with Crippen LogP contribution in [0.2, 0.25) is 0 Å². The number of benzene rings is 1. The number of aryl methyl sites for hydroxylation is 1. The van der Waals surface area contributed by atoms with Crippen LogP contribution in [0, 0.1) is 6.92 Å². The van der Waals surface area contributed by atoms with Crippen LogP contribution in [0.15, 0.2) is 18.2 Å². The lowest BCUT2D eigenvalue weighted by Gasteiger charge is -2.42. The van der Waals surface area contributed by atoms with Crippen molar-refractivity contribution in [2.24, 2.45) is 0 Å². The largest absolute Gasteiger partial charge is 0.475 e. The second kappa shape index (κ2) is 5.83. The maximum absolute atomic E-state index is 12.8. The Morgan fingerprint density at radius 2 is 2.00 bits per heavy atom. The summed E-state index contributed by atoms with van der Waals surface area (Å²) in [5.74, 6) is 0.769. The van der Waals surface area contributed by atoms with Crippen molar-refractivity contribution < 1.29 is 14.6 Å². The number of hydrogen-bond acceptors (Lipinski definition) is 3. The minimum absolute atomic E-state index is 0.00838. The fourth-order valence-corrected chi connectivity index (χ4v) is 2.68. The van der Waals surface area contributed by atoms with Crippen molar-refractivity contribution in [1.29, 1.82) is 0 Å². The Balaban J connectivity index is 2.47. The van der Waals surface area contributed by atoms with E-state index in [-0.39, 0.29) is 12.5 Å². The van der Waals surface area contributed by atoms with Crippen LogP contribution >= 0.6 is 0 Å². The van der Waals surface area contributed by atoms with Gasteiger partial charge in [-0.2, -0.15) is 0 Å². The SMILES string of the molecule is CCC1(CC)Oc2ccc(C)cc2N(CCCO)C1=O. The first-order valence-electron chi connectivity index (χ1n) is 7.30. The Bertz CT molecular complexity index is 494. The molecule has 110 valence electrons. The topological polar surface area (TPSA) is 49.8 Å². The van der Waals surface area contributed by atoms with E-state index in [1.54, 1.807) is 4.90 Å². The van der Waals surface area contributed by atoms with Gasteiger partial charge in [-0.1, -0.05) is 19.9 Å². The first-order valence-corrected chi connectivity index (χ1v) is 7.30. The molecule has 0 fully saturated rings. The smallest absolute Gasteiger partial charge is 0.271 e. The lowest BCUT2D eigenvalue weighted by atomic mass is 9.92. The van der Waals surface area contributed by atoms with Gasteiger partial charge in [-0.3, -0.25) is 4.79 Å². The second-order valence-electron chi connectivity index (χ2n) is 5.31. The Hall–Kier alpha value is -1.55. The fraction of sp³-hybridized carbons (Fsp3) is 0.562. The molecule has 1 N–H and O–H groups in total. The van der Waals surface area contributed by atoms with E-state index in [1.165, 1.54) is 0 Å². The molecule has 0 saturated carbocycles. The van der Waals surface area contributed by atoms with Crippen molar-refractivity contribution in [3.8, 4) is 5.75 Å². The molecule has 0 spiro atoms. The van der Waals surface area contributed by atoms with Gasteiger partial charge in [-0.15, -0.1) is 0 Å². The predicted octanol–water partition coefficient (Wildman–Crippen LogP) is 2.66. The molecule has 1 aromatic rings. The molecule has 0 aliphatic carbocycles. The summed E-state index contributed by atoms with van der Waals surface area (Å²) in [6.45, 7) is 6.56. The van der Waals surface area contributed by atoms with Crippen molar-refractivity contribution in [3.05, 3.63) is 23.8 Å². The standard InChI is InChI=1S/C16H23NO3/c1-4-16(5-2)15(19)17(9-6-10-18)13-11-12(3)7-8-14(13)20-16/h7-8,11,18H,4-6,9-10H2,1-3H3. The summed E-state index contributed by atoms with van der Waals surface area (Å²) in [7, 11) is 0. The number of anilines is 1. The van der Waals surface area contributed by atoms with Gasteiger partial charge in [0.2, 0.25) is 0 Å². The van der Waals surface area contributed by atoms with Gasteiger partial charge >= 0.3 is 0 Å². The lowest BCUT2D eigenvalue weighted by Crippen LogP contribution is -2.55. The summed E-state index contributed by atoms with van der Waals surface area (Å²) >= 11 is 0.